The Morgan fingerprint density at radius 1 is 1.00 bits per heavy atom. The number of carbonyl (C=O) groups is 1. The minimum atomic E-state index is -0.124. The lowest BCUT2D eigenvalue weighted by molar-refractivity contribution is -0.123. The van der Waals surface area contributed by atoms with Gasteiger partial charge in [-0.25, -0.2) is 0 Å². The first kappa shape index (κ1) is 21.3. The fourth-order valence-electron chi connectivity index (χ4n) is 1.98. The van der Waals surface area contributed by atoms with E-state index in [1.54, 1.807) is 0 Å². The summed E-state index contributed by atoms with van der Waals surface area (Å²) < 4.78 is 10.7. The number of ether oxygens (including phenoxy) is 2. The van der Waals surface area contributed by atoms with Crippen molar-refractivity contribution in [3.05, 3.63) is 0 Å². The van der Waals surface area contributed by atoms with Gasteiger partial charge in [-0.15, -0.1) is 0 Å². The average molecular weight is 318 g/mol. The minimum Gasteiger partial charge on any atom is -0.380 e. The SMILES string of the molecule is CNCCCCC(NC)C(=O)NCCOCCCOCCN. The predicted molar refractivity (Wildman–Crippen MR) is 88.9 cm³/mol. The van der Waals surface area contributed by atoms with Crippen molar-refractivity contribution < 1.29 is 14.3 Å². The van der Waals surface area contributed by atoms with Gasteiger partial charge in [0.25, 0.3) is 0 Å². The molecule has 0 radical (unpaired) electrons. The Labute approximate surface area is 134 Å². The summed E-state index contributed by atoms with van der Waals surface area (Å²) in [7, 11) is 3.76. The maximum absolute atomic E-state index is 12.0. The number of carbonyl (C=O) groups excluding carboxylic acids is 1. The molecule has 22 heavy (non-hydrogen) atoms. The molecule has 0 rings (SSSR count). The van der Waals surface area contributed by atoms with Gasteiger partial charge in [-0.2, -0.15) is 0 Å². The zero-order valence-corrected chi connectivity index (χ0v) is 14.2. The van der Waals surface area contributed by atoms with Gasteiger partial charge >= 0.3 is 0 Å². The third-order valence-corrected chi connectivity index (χ3v) is 3.22. The molecule has 0 aromatic heterocycles. The van der Waals surface area contributed by atoms with Crippen LogP contribution in [0.4, 0.5) is 0 Å². The van der Waals surface area contributed by atoms with E-state index >= 15 is 0 Å². The number of nitrogens with two attached hydrogens (primary N) is 1. The van der Waals surface area contributed by atoms with Crippen molar-refractivity contribution in [3.8, 4) is 0 Å². The number of likely N-dealkylation sites (N-methyl/N-ethyl adjacent to an activating group) is 1. The molecule has 1 unspecified atom stereocenters. The van der Waals surface area contributed by atoms with Crippen molar-refractivity contribution in [2.24, 2.45) is 5.73 Å². The highest BCUT2D eigenvalue weighted by atomic mass is 16.5. The summed E-state index contributed by atoms with van der Waals surface area (Å²) in [6.45, 7) is 4.50. The molecule has 0 aromatic rings. The average Bonchev–Trinajstić information content (AvgIpc) is 2.53. The number of rotatable bonds is 16. The molecule has 0 saturated carbocycles. The smallest absolute Gasteiger partial charge is 0.237 e. The number of hydrogen-bond acceptors (Lipinski definition) is 6. The first-order valence-electron chi connectivity index (χ1n) is 8.21. The van der Waals surface area contributed by atoms with Crippen molar-refractivity contribution in [1.82, 2.24) is 16.0 Å². The maximum Gasteiger partial charge on any atom is 0.237 e. The Balaban J connectivity index is 3.48. The van der Waals surface area contributed by atoms with Crippen LogP contribution in [-0.2, 0) is 14.3 Å². The molecule has 0 aromatic carbocycles. The molecule has 0 heterocycles. The van der Waals surface area contributed by atoms with Crippen molar-refractivity contribution in [2.45, 2.75) is 31.7 Å². The van der Waals surface area contributed by atoms with Gasteiger partial charge in [-0.1, -0.05) is 6.42 Å². The monoisotopic (exact) mass is 318 g/mol. The van der Waals surface area contributed by atoms with Crippen LogP contribution in [0.5, 0.6) is 0 Å². The zero-order valence-electron chi connectivity index (χ0n) is 14.2. The third kappa shape index (κ3) is 13.0. The first-order chi connectivity index (χ1) is 10.8. The Bertz CT molecular complexity index is 255. The van der Waals surface area contributed by atoms with Gasteiger partial charge in [-0.05, 0) is 39.9 Å². The van der Waals surface area contributed by atoms with Gasteiger partial charge < -0.3 is 31.2 Å². The second kappa shape index (κ2) is 16.6. The fourth-order valence-corrected chi connectivity index (χ4v) is 1.98. The Morgan fingerprint density at radius 2 is 1.73 bits per heavy atom. The topological polar surface area (TPSA) is 97.6 Å². The second-order valence-electron chi connectivity index (χ2n) is 5.10. The van der Waals surface area contributed by atoms with Gasteiger partial charge in [0.2, 0.25) is 5.91 Å². The van der Waals surface area contributed by atoms with Crippen LogP contribution in [0.1, 0.15) is 25.7 Å². The van der Waals surface area contributed by atoms with E-state index in [1.807, 2.05) is 14.1 Å². The van der Waals surface area contributed by atoms with E-state index < -0.39 is 0 Å². The Morgan fingerprint density at radius 3 is 2.36 bits per heavy atom. The highest BCUT2D eigenvalue weighted by Crippen LogP contribution is 2.00. The quantitative estimate of drug-likeness (QED) is 0.285. The molecule has 132 valence electrons. The highest BCUT2D eigenvalue weighted by Gasteiger charge is 2.14. The lowest BCUT2D eigenvalue weighted by Gasteiger charge is -2.16. The number of amides is 1. The van der Waals surface area contributed by atoms with E-state index in [4.69, 9.17) is 15.2 Å². The molecule has 0 aliphatic rings. The van der Waals surface area contributed by atoms with E-state index in [-0.39, 0.29) is 11.9 Å². The van der Waals surface area contributed by atoms with Gasteiger partial charge in [0.1, 0.15) is 0 Å². The molecule has 1 atom stereocenters. The molecule has 0 fully saturated rings. The van der Waals surface area contributed by atoms with Gasteiger partial charge in [0.05, 0.1) is 19.3 Å². The second-order valence-corrected chi connectivity index (χ2v) is 5.10. The molecule has 0 bridgehead atoms. The molecule has 1 amide bonds. The summed E-state index contributed by atoms with van der Waals surface area (Å²) in [5.74, 6) is 0.0434. The van der Waals surface area contributed by atoms with Crippen LogP contribution in [-0.4, -0.2) is 72.1 Å². The van der Waals surface area contributed by atoms with Crippen molar-refractivity contribution in [1.29, 1.82) is 0 Å². The zero-order chi connectivity index (χ0) is 16.5. The van der Waals surface area contributed by atoms with Crippen LogP contribution in [0.2, 0.25) is 0 Å². The number of nitrogens with one attached hydrogen (secondary N) is 3. The van der Waals surface area contributed by atoms with Crippen LogP contribution >= 0.6 is 0 Å². The Kier molecular flexibility index (Phi) is 16.1. The molecule has 7 heteroatoms. The highest BCUT2D eigenvalue weighted by molar-refractivity contribution is 5.81. The summed E-state index contributed by atoms with van der Waals surface area (Å²) in [6.07, 6.45) is 3.80. The van der Waals surface area contributed by atoms with Crippen LogP contribution in [0, 0.1) is 0 Å². The summed E-state index contributed by atoms with van der Waals surface area (Å²) in [5.41, 5.74) is 5.31. The summed E-state index contributed by atoms with van der Waals surface area (Å²) >= 11 is 0. The minimum absolute atomic E-state index is 0.0434. The largest absolute Gasteiger partial charge is 0.380 e. The van der Waals surface area contributed by atoms with Crippen LogP contribution in [0.25, 0.3) is 0 Å². The van der Waals surface area contributed by atoms with E-state index in [9.17, 15) is 4.79 Å². The fraction of sp³-hybridized carbons (Fsp3) is 0.933. The van der Waals surface area contributed by atoms with E-state index in [0.717, 1.165) is 32.2 Å². The van der Waals surface area contributed by atoms with Crippen LogP contribution < -0.4 is 21.7 Å². The lowest BCUT2D eigenvalue weighted by Crippen LogP contribution is -2.43. The summed E-state index contributed by atoms with van der Waals surface area (Å²) in [6, 6.07) is -0.124. The predicted octanol–water partition coefficient (Wildman–Crippen LogP) is -0.538. The molecular weight excluding hydrogens is 284 g/mol. The molecule has 0 aliphatic carbocycles. The summed E-state index contributed by atoms with van der Waals surface area (Å²) in [5, 5.41) is 9.06. The maximum atomic E-state index is 12.0. The van der Waals surface area contributed by atoms with Gasteiger partial charge in [-0.3, -0.25) is 4.79 Å². The molecular formula is C15H34N4O3. The van der Waals surface area contributed by atoms with E-state index in [0.29, 0.717) is 39.5 Å². The van der Waals surface area contributed by atoms with Gasteiger partial charge in [0, 0.05) is 26.3 Å². The molecule has 5 N–H and O–H groups in total. The first-order valence-corrected chi connectivity index (χ1v) is 8.21. The van der Waals surface area contributed by atoms with E-state index in [2.05, 4.69) is 16.0 Å². The van der Waals surface area contributed by atoms with Crippen molar-refractivity contribution >= 4 is 5.91 Å². The standard InChI is InChI=1S/C15H34N4O3/c1-17-8-4-3-6-14(18-2)15(20)19-9-13-22-11-5-10-21-12-7-16/h14,17-18H,3-13,16H2,1-2H3,(H,19,20). The molecule has 0 aliphatic heterocycles. The van der Waals surface area contributed by atoms with E-state index in [1.165, 1.54) is 0 Å². The normalized spacial score (nSPS) is 12.3. The van der Waals surface area contributed by atoms with Crippen molar-refractivity contribution in [3.63, 3.8) is 0 Å². The number of unbranched alkanes of at least 4 members (excludes halogenated alkanes) is 1. The summed E-state index contributed by atoms with van der Waals surface area (Å²) in [4.78, 5) is 12.0. The van der Waals surface area contributed by atoms with Gasteiger partial charge in [0.15, 0.2) is 0 Å². The molecule has 7 nitrogen and oxygen atoms in total. The number of hydrogen-bond donors (Lipinski definition) is 4. The molecule has 0 saturated heterocycles. The lowest BCUT2D eigenvalue weighted by atomic mass is 10.1. The van der Waals surface area contributed by atoms with Crippen LogP contribution in [0.15, 0.2) is 0 Å². The Hall–Kier alpha value is -0.730. The van der Waals surface area contributed by atoms with Crippen LogP contribution in [0.3, 0.4) is 0 Å². The molecule has 0 spiro atoms. The van der Waals surface area contributed by atoms with Crippen molar-refractivity contribution in [2.75, 3.05) is 60.2 Å². The third-order valence-electron chi connectivity index (χ3n) is 3.22.